The summed E-state index contributed by atoms with van der Waals surface area (Å²) < 4.78 is 16.3. The number of halogens is 1. The smallest absolute Gasteiger partial charge is 0.314 e. The highest BCUT2D eigenvalue weighted by atomic mass is 32.1. The van der Waals surface area contributed by atoms with Crippen LogP contribution in [0.5, 0.6) is 0 Å². The molecule has 4 aromatic rings. The number of carbonyl (C=O) groups excluding carboxylic acids is 1. The van der Waals surface area contributed by atoms with Crippen molar-refractivity contribution in [1.29, 1.82) is 0 Å². The number of amides is 1. The van der Waals surface area contributed by atoms with Crippen LogP contribution in [0.2, 0.25) is 0 Å². The van der Waals surface area contributed by atoms with Gasteiger partial charge in [-0.15, -0.1) is 11.3 Å². The molecule has 0 fully saturated rings. The molecule has 2 heterocycles. The Hall–Kier alpha value is -3.52. The maximum atomic E-state index is 13.7. The van der Waals surface area contributed by atoms with E-state index in [1.165, 1.54) is 39.0 Å². The number of likely N-dealkylation sites (N-methyl/N-ethyl adjacent to an activating group) is 1. The molecule has 0 N–H and O–H groups in total. The summed E-state index contributed by atoms with van der Waals surface area (Å²) in [6, 6.07) is 14.8. The average Bonchev–Trinajstić information content (AvgIpc) is 3.24. The molecule has 0 aliphatic heterocycles. The van der Waals surface area contributed by atoms with Gasteiger partial charge in [-0.3, -0.25) is 14.2 Å². The van der Waals surface area contributed by atoms with Gasteiger partial charge in [-0.05, 0) is 54.3 Å². The number of aromatic nitrogens is 2. The van der Waals surface area contributed by atoms with Crippen LogP contribution >= 0.6 is 11.3 Å². The summed E-state index contributed by atoms with van der Waals surface area (Å²) in [6.45, 7) is 1.32. The average molecular weight is 423 g/mol. The minimum Gasteiger partial charge on any atom is -0.314 e. The monoisotopic (exact) mass is 423 g/mol. The van der Waals surface area contributed by atoms with E-state index in [1.807, 2.05) is 18.2 Å². The molecule has 0 unspecified atom stereocenters. The highest BCUT2D eigenvalue weighted by Crippen LogP contribution is 2.18. The summed E-state index contributed by atoms with van der Waals surface area (Å²) in [6.07, 6.45) is 0. The number of benzene rings is 2. The van der Waals surface area contributed by atoms with Gasteiger partial charge in [0.15, 0.2) is 0 Å². The first-order valence-corrected chi connectivity index (χ1v) is 10.1. The number of aryl methyl sites for hydroxylation is 1. The van der Waals surface area contributed by atoms with Crippen molar-refractivity contribution in [3.8, 4) is 5.69 Å². The number of nitrogens with zero attached hydrogens (tertiary/aromatic N) is 3. The van der Waals surface area contributed by atoms with E-state index < -0.39 is 17.1 Å². The van der Waals surface area contributed by atoms with Crippen LogP contribution in [0.15, 0.2) is 69.6 Å². The number of thiophene rings is 1. The van der Waals surface area contributed by atoms with Gasteiger partial charge in [0, 0.05) is 12.7 Å². The Kier molecular flexibility index (Phi) is 5.09. The van der Waals surface area contributed by atoms with Gasteiger partial charge in [-0.25, -0.2) is 13.8 Å². The first-order valence-electron chi connectivity index (χ1n) is 9.19. The van der Waals surface area contributed by atoms with Crippen molar-refractivity contribution in [2.24, 2.45) is 0 Å². The van der Waals surface area contributed by atoms with Crippen molar-refractivity contribution in [2.75, 3.05) is 11.9 Å². The SMILES string of the molecule is Cc1cc(-n2c(=O)c3sccc3n(CC(=O)N(C)c3ccccc3)c2=O)ccc1F. The molecule has 152 valence electrons. The van der Waals surface area contributed by atoms with Crippen LogP contribution in [0, 0.1) is 12.7 Å². The Morgan fingerprint density at radius 3 is 2.53 bits per heavy atom. The van der Waals surface area contributed by atoms with Crippen LogP contribution in [-0.4, -0.2) is 22.1 Å². The Morgan fingerprint density at radius 2 is 1.83 bits per heavy atom. The number of fused-ring (bicyclic) bond motifs is 1. The molecule has 4 rings (SSSR count). The van der Waals surface area contributed by atoms with Crippen LogP contribution in [0.3, 0.4) is 0 Å². The van der Waals surface area contributed by atoms with E-state index in [-0.39, 0.29) is 18.1 Å². The summed E-state index contributed by atoms with van der Waals surface area (Å²) in [5.74, 6) is -0.736. The van der Waals surface area contributed by atoms with E-state index >= 15 is 0 Å². The molecule has 0 aliphatic carbocycles. The van der Waals surface area contributed by atoms with Crippen LogP contribution in [0.25, 0.3) is 15.9 Å². The van der Waals surface area contributed by atoms with E-state index in [2.05, 4.69) is 0 Å². The zero-order chi connectivity index (χ0) is 21.4. The van der Waals surface area contributed by atoms with E-state index in [9.17, 15) is 18.8 Å². The molecule has 2 aromatic heterocycles. The second kappa shape index (κ2) is 7.72. The van der Waals surface area contributed by atoms with Crippen LogP contribution in [0.4, 0.5) is 10.1 Å². The number of hydrogen-bond acceptors (Lipinski definition) is 4. The minimum absolute atomic E-state index is 0.238. The third-order valence-corrected chi connectivity index (χ3v) is 5.86. The third-order valence-electron chi connectivity index (χ3n) is 4.97. The fraction of sp³-hybridized carbons (Fsp3) is 0.136. The Balaban J connectivity index is 1.85. The lowest BCUT2D eigenvalue weighted by molar-refractivity contribution is -0.118. The molecule has 0 saturated carbocycles. The van der Waals surface area contributed by atoms with Gasteiger partial charge in [-0.2, -0.15) is 0 Å². The van der Waals surface area contributed by atoms with E-state index in [4.69, 9.17) is 0 Å². The normalized spacial score (nSPS) is 11.0. The Bertz CT molecular complexity index is 1370. The van der Waals surface area contributed by atoms with E-state index in [0.717, 1.165) is 4.57 Å². The second-order valence-electron chi connectivity index (χ2n) is 6.87. The summed E-state index contributed by atoms with van der Waals surface area (Å²) in [5, 5.41) is 1.70. The van der Waals surface area contributed by atoms with Gasteiger partial charge in [0.25, 0.3) is 5.56 Å². The van der Waals surface area contributed by atoms with Crippen molar-refractivity contribution in [3.05, 3.63) is 92.2 Å². The highest BCUT2D eigenvalue weighted by Gasteiger charge is 2.20. The van der Waals surface area contributed by atoms with Gasteiger partial charge in [0.1, 0.15) is 17.1 Å². The molecular weight excluding hydrogens is 405 g/mol. The number of carbonyl (C=O) groups is 1. The van der Waals surface area contributed by atoms with Gasteiger partial charge in [0.2, 0.25) is 5.91 Å². The lowest BCUT2D eigenvalue weighted by Crippen LogP contribution is -2.41. The highest BCUT2D eigenvalue weighted by molar-refractivity contribution is 7.17. The molecule has 0 spiro atoms. The summed E-state index contributed by atoms with van der Waals surface area (Å²) in [7, 11) is 1.63. The predicted molar refractivity (Wildman–Crippen MR) is 116 cm³/mol. The van der Waals surface area contributed by atoms with Crippen molar-refractivity contribution in [1.82, 2.24) is 9.13 Å². The predicted octanol–water partition coefficient (Wildman–Crippen LogP) is 3.32. The molecule has 0 aliphatic rings. The zero-order valence-corrected chi connectivity index (χ0v) is 17.1. The summed E-state index contributed by atoms with van der Waals surface area (Å²) in [4.78, 5) is 40.6. The van der Waals surface area contributed by atoms with E-state index in [1.54, 1.807) is 37.6 Å². The molecule has 0 atom stereocenters. The number of anilines is 1. The van der Waals surface area contributed by atoms with Gasteiger partial charge in [-0.1, -0.05) is 18.2 Å². The van der Waals surface area contributed by atoms with Crippen molar-refractivity contribution < 1.29 is 9.18 Å². The fourth-order valence-electron chi connectivity index (χ4n) is 3.27. The first-order chi connectivity index (χ1) is 14.4. The zero-order valence-electron chi connectivity index (χ0n) is 16.3. The Labute approximate surface area is 175 Å². The summed E-state index contributed by atoms with van der Waals surface area (Å²) >= 11 is 1.19. The standard InChI is InChI=1S/C22H18FN3O3S/c1-14-12-16(8-9-17(14)23)26-21(28)20-18(10-11-30-20)25(22(26)29)13-19(27)24(2)15-6-4-3-5-7-15/h3-12H,13H2,1-2H3. The number of hydrogen-bond donors (Lipinski definition) is 0. The number of para-hydroxylation sites is 1. The fourth-order valence-corrected chi connectivity index (χ4v) is 4.10. The Morgan fingerprint density at radius 1 is 1.10 bits per heavy atom. The van der Waals surface area contributed by atoms with Gasteiger partial charge >= 0.3 is 5.69 Å². The molecule has 30 heavy (non-hydrogen) atoms. The minimum atomic E-state index is -0.647. The summed E-state index contributed by atoms with van der Waals surface area (Å²) in [5.41, 5.74) is 0.538. The lowest BCUT2D eigenvalue weighted by atomic mass is 10.2. The lowest BCUT2D eigenvalue weighted by Gasteiger charge is -2.19. The molecule has 1 amide bonds. The molecule has 2 aromatic carbocycles. The largest absolute Gasteiger partial charge is 0.336 e. The molecular formula is C22H18FN3O3S. The quantitative estimate of drug-likeness (QED) is 0.506. The van der Waals surface area contributed by atoms with Crippen LogP contribution < -0.4 is 16.1 Å². The maximum absolute atomic E-state index is 13.7. The van der Waals surface area contributed by atoms with Crippen molar-refractivity contribution in [2.45, 2.75) is 13.5 Å². The first kappa shape index (κ1) is 19.8. The molecule has 0 radical (unpaired) electrons. The van der Waals surface area contributed by atoms with E-state index in [0.29, 0.717) is 21.5 Å². The number of rotatable bonds is 4. The third kappa shape index (κ3) is 3.35. The van der Waals surface area contributed by atoms with Crippen LogP contribution in [-0.2, 0) is 11.3 Å². The molecule has 8 heteroatoms. The maximum Gasteiger partial charge on any atom is 0.336 e. The molecule has 0 saturated heterocycles. The molecule has 0 bridgehead atoms. The van der Waals surface area contributed by atoms with Crippen molar-refractivity contribution in [3.63, 3.8) is 0 Å². The van der Waals surface area contributed by atoms with Gasteiger partial charge < -0.3 is 4.90 Å². The van der Waals surface area contributed by atoms with Gasteiger partial charge in [0.05, 0.1) is 11.2 Å². The topological polar surface area (TPSA) is 64.3 Å². The van der Waals surface area contributed by atoms with Crippen LogP contribution in [0.1, 0.15) is 5.56 Å². The molecule has 6 nitrogen and oxygen atoms in total. The van der Waals surface area contributed by atoms with Crippen molar-refractivity contribution >= 4 is 33.1 Å². The second-order valence-corrected chi connectivity index (χ2v) is 7.78.